The van der Waals surface area contributed by atoms with Crippen LogP contribution in [0.5, 0.6) is 0 Å². The molecule has 0 bridgehead atoms. The summed E-state index contributed by atoms with van der Waals surface area (Å²) in [7, 11) is 0. The van der Waals surface area contributed by atoms with Gasteiger partial charge in [0.1, 0.15) is 0 Å². The number of fused-ring (bicyclic) bond motifs is 1. The highest BCUT2D eigenvalue weighted by Gasteiger charge is 2.54. The van der Waals surface area contributed by atoms with Crippen molar-refractivity contribution in [1.29, 1.82) is 0 Å². The Hall–Kier alpha value is -0.900. The van der Waals surface area contributed by atoms with E-state index in [1.54, 1.807) is 6.92 Å². The standard InChI is InChI=1S/C9H13N3O/c1-5-11-8(12-13-5)9(10)3-6-2-7(6)4-9/h6-7H,2-4,10H2,1H3. The molecule has 2 saturated carbocycles. The zero-order valence-corrected chi connectivity index (χ0v) is 7.66. The smallest absolute Gasteiger partial charge is 0.223 e. The first-order chi connectivity index (χ1) is 6.17. The maximum absolute atomic E-state index is 6.23. The Bertz CT molecular complexity index is 336. The van der Waals surface area contributed by atoms with Crippen molar-refractivity contribution in [3.8, 4) is 0 Å². The lowest BCUT2D eigenvalue weighted by atomic mass is 9.94. The van der Waals surface area contributed by atoms with Gasteiger partial charge in [-0.25, -0.2) is 0 Å². The number of hydrogen-bond donors (Lipinski definition) is 1. The molecule has 0 aromatic carbocycles. The summed E-state index contributed by atoms with van der Waals surface area (Å²) in [5.74, 6) is 2.99. The van der Waals surface area contributed by atoms with Gasteiger partial charge in [-0.05, 0) is 31.1 Å². The number of aromatic nitrogens is 2. The molecule has 1 aromatic rings. The van der Waals surface area contributed by atoms with Gasteiger partial charge in [-0.3, -0.25) is 0 Å². The van der Waals surface area contributed by atoms with E-state index in [0.717, 1.165) is 24.7 Å². The first kappa shape index (κ1) is 7.50. The van der Waals surface area contributed by atoms with Crippen LogP contribution >= 0.6 is 0 Å². The highest BCUT2D eigenvalue weighted by molar-refractivity contribution is 5.14. The fourth-order valence-corrected chi connectivity index (χ4v) is 2.51. The van der Waals surface area contributed by atoms with Crippen LogP contribution in [0.15, 0.2) is 4.52 Å². The third-order valence-corrected chi connectivity index (χ3v) is 3.29. The van der Waals surface area contributed by atoms with Crippen LogP contribution < -0.4 is 5.73 Å². The molecule has 0 aliphatic heterocycles. The van der Waals surface area contributed by atoms with Crippen molar-refractivity contribution in [2.45, 2.75) is 31.7 Å². The number of nitrogens with two attached hydrogens (primary N) is 1. The summed E-state index contributed by atoms with van der Waals surface area (Å²) in [6.07, 6.45) is 3.43. The Morgan fingerprint density at radius 2 is 2.15 bits per heavy atom. The maximum atomic E-state index is 6.23. The molecule has 70 valence electrons. The van der Waals surface area contributed by atoms with Crippen molar-refractivity contribution in [2.24, 2.45) is 17.6 Å². The Morgan fingerprint density at radius 3 is 2.69 bits per heavy atom. The van der Waals surface area contributed by atoms with Crippen LogP contribution in [-0.2, 0) is 5.54 Å². The summed E-state index contributed by atoms with van der Waals surface area (Å²) < 4.78 is 4.95. The molecule has 1 heterocycles. The summed E-state index contributed by atoms with van der Waals surface area (Å²) in [5, 5.41) is 3.91. The van der Waals surface area contributed by atoms with Gasteiger partial charge in [0.15, 0.2) is 5.82 Å². The van der Waals surface area contributed by atoms with E-state index in [2.05, 4.69) is 10.1 Å². The Kier molecular flexibility index (Phi) is 1.22. The second-order valence-electron chi connectivity index (χ2n) is 4.46. The molecule has 4 heteroatoms. The number of aryl methyl sites for hydroxylation is 1. The fourth-order valence-electron chi connectivity index (χ4n) is 2.51. The van der Waals surface area contributed by atoms with Crippen molar-refractivity contribution in [2.75, 3.05) is 0 Å². The van der Waals surface area contributed by atoms with Gasteiger partial charge in [0.05, 0.1) is 5.54 Å². The quantitative estimate of drug-likeness (QED) is 0.697. The van der Waals surface area contributed by atoms with Gasteiger partial charge in [-0.1, -0.05) is 5.16 Å². The molecule has 2 aliphatic rings. The largest absolute Gasteiger partial charge is 0.340 e. The second kappa shape index (κ2) is 2.12. The Morgan fingerprint density at radius 1 is 1.46 bits per heavy atom. The van der Waals surface area contributed by atoms with Gasteiger partial charge in [-0.2, -0.15) is 4.98 Å². The molecule has 2 N–H and O–H groups in total. The van der Waals surface area contributed by atoms with Crippen LogP contribution in [0.3, 0.4) is 0 Å². The van der Waals surface area contributed by atoms with Crippen molar-refractivity contribution in [3.05, 3.63) is 11.7 Å². The van der Waals surface area contributed by atoms with Crippen molar-refractivity contribution < 1.29 is 4.52 Å². The highest BCUT2D eigenvalue weighted by atomic mass is 16.5. The normalized spacial score (nSPS) is 42.0. The molecular formula is C9H13N3O. The Balaban J connectivity index is 1.91. The molecular weight excluding hydrogens is 166 g/mol. The van der Waals surface area contributed by atoms with Gasteiger partial charge >= 0.3 is 0 Å². The molecule has 1 aromatic heterocycles. The molecule has 0 spiro atoms. The number of rotatable bonds is 1. The lowest BCUT2D eigenvalue weighted by Gasteiger charge is -2.20. The predicted molar refractivity (Wildman–Crippen MR) is 45.7 cm³/mol. The minimum absolute atomic E-state index is 0.286. The number of nitrogens with zero attached hydrogens (tertiary/aromatic N) is 2. The molecule has 2 atom stereocenters. The molecule has 2 aliphatic carbocycles. The van der Waals surface area contributed by atoms with Gasteiger partial charge in [0.2, 0.25) is 5.89 Å². The van der Waals surface area contributed by atoms with Crippen molar-refractivity contribution in [3.63, 3.8) is 0 Å². The van der Waals surface area contributed by atoms with Crippen molar-refractivity contribution >= 4 is 0 Å². The summed E-state index contributed by atoms with van der Waals surface area (Å²) >= 11 is 0. The molecule has 4 nitrogen and oxygen atoms in total. The monoisotopic (exact) mass is 179 g/mol. The van der Waals surface area contributed by atoms with E-state index in [-0.39, 0.29) is 5.54 Å². The van der Waals surface area contributed by atoms with E-state index >= 15 is 0 Å². The van der Waals surface area contributed by atoms with Crippen LogP contribution in [0.2, 0.25) is 0 Å². The van der Waals surface area contributed by atoms with Crippen LogP contribution in [-0.4, -0.2) is 10.1 Å². The fraction of sp³-hybridized carbons (Fsp3) is 0.778. The Labute approximate surface area is 76.5 Å². The average molecular weight is 179 g/mol. The predicted octanol–water partition coefficient (Wildman–Crippen LogP) is 0.962. The molecule has 0 amide bonds. The summed E-state index contributed by atoms with van der Waals surface area (Å²) in [4.78, 5) is 4.22. The first-order valence-corrected chi connectivity index (χ1v) is 4.77. The van der Waals surface area contributed by atoms with E-state index in [1.807, 2.05) is 0 Å². The van der Waals surface area contributed by atoms with E-state index in [0.29, 0.717) is 11.7 Å². The summed E-state index contributed by atoms with van der Waals surface area (Å²) in [6.45, 7) is 1.80. The van der Waals surface area contributed by atoms with Crippen LogP contribution in [0.4, 0.5) is 0 Å². The minimum Gasteiger partial charge on any atom is -0.340 e. The summed E-state index contributed by atoms with van der Waals surface area (Å²) in [5.41, 5.74) is 5.94. The van der Waals surface area contributed by atoms with Gasteiger partial charge in [0, 0.05) is 6.92 Å². The van der Waals surface area contributed by atoms with Gasteiger partial charge in [-0.15, -0.1) is 0 Å². The van der Waals surface area contributed by atoms with E-state index in [1.165, 1.54) is 6.42 Å². The van der Waals surface area contributed by atoms with E-state index < -0.39 is 0 Å². The zero-order chi connectivity index (χ0) is 9.05. The van der Waals surface area contributed by atoms with Crippen LogP contribution in [0.25, 0.3) is 0 Å². The zero-order valence-electron chi connectivity index (χ0n) is 7.66. The van der Waals surface area contributed by atoms with Crippen LogP contribution in [0.1, 0.15) is 31.0 Å². The van der Waals surface area contributed by atoms with Gasteiger partial charge in [0.25, 0.3) is 0 Å². The molecule has 13 heavy (non-hydrogen) atoms. The summed E-state index contributed by atoms with van der Waals surface area (Å²) in [6, 6.07) is 0. The lowest BCUT2D eigenvalue weighted by Crippen LogP contribution is -2.36. The molecule has 0 saturated heterocycles. The minimum atomic E-state index is -0.286. The third kappa shape index (κ3) is 1.01. The lowest BCUT2D eigenvalue weighted by molar-refractivity contribution is 0.340. The highest BCUT2D eigenvalue weighted by Crippen LogP contribution is 2.57. The van der Waals surface area contributed by atoms with Gasteiger partial charge < -0.3 is 10.3 Å². The molecule has 3 rings (SSSR count). The van der Waals surface area contributed by atoms with Crippen molar-refractivity contribution in [1.82, 2.24) is 10.1 Å². The third-order valence-electron chi connectivity index (χ3n) is 3.29. The van der Waals surface area contributed by atoms with E-state index in [9.17, 15) is 0 Å². The average Bonchev–Trinajstić information content (AvgIpc) is 2.54. The van der Waals surface area contributed by atoms with Crippen LogP contribution in [0, 0.1) is 18.8 Å². The maximum Gasteiger partial charge on any atom is 0.223 e. The molecule has 2 fully saturated rings. The topological polar surface area (TPSA) is 64.9 Å². The second-order valence-corrected chi connectivity index (χ2v) is 4.46. The first-order valence-electron chi connectivity index (χ1n) is 4.77. The SMILES string of the molecule is Cc1nc(C2(N)CC3CC3C2)no1. The molecule has 0 radical (unpaired) electrons. The molecule has 2 unspecified atom stereocenters. The number of hydrogen-bond acceptors (Lipinski definition) is 4. The van der Waals surface area contributed by atoms with E-state index in [4.69, 9.17) is 10.3 Å².